The minimum absolute atomic E-state index is 0.0000779. The fourth-order valence-electron chi connectivity index (χ4n) is 3.91. The smallest absolute Gasteiger partial charge is 0.434 e. The van der Waals surface area contributed by atoms with Crippen LogP contribution in [0.5, 0.6) is 0 Å². The highest BCUT2D eigenvalue weighted by Gasteiger charge is 2.41. The maximum absolute atomic E-state index is 14.9. The molecule has 2 atom stereocenters. The minimum Gasteiger partial charge on any atom is -0.444 e. The summed E-state index contributed by atoms with van der Waals surface area (Å²) in [6.07, 6.45) is -3.30. The molecule has 8 nitrogen and oxygen atoms in total. The minimum atomic E-state index is -4.81. The van der Waals surface area contributed by atoms with Crippen LogP contribution in [-0.4, -0.2) is 58.5 Å². The van der Waals surface area contributed by atoms with Crippen molar-refractivity contribution in [1.29, 1.82) is 0 Å². The van der Waals surface area contributed by atoms with Gasteiger partial charge in [0.2, 0.25) is 5.95 Å². The van der Waals surface area contributed by atoms with Crippen molar-refractivity contribution in [2.75, 3.05) is 11.9 Å². The molecular weight excluding hydrogens is 566 g/mol. The Labute approximate surface area is 238 Å². The van der Waals surface area contributed by atoms with Crippen LogP contribution in [0.4, 0.5) is 28.3 Å². The predicted octanol–water partition coefficient (Wildman–Crippen LogP) is 7.48. The quantitative estimate of drug-likeness (QED) is 0.270. The molecule has 0 bridgehead atoms. The van der Waals surface area contributed by atoms with Crippen LogP contribution in [0.15, 0.2) is 6.20 Å². The fourth-order valence-corrected chi connectivity index (χ4v) is 5.93. The number of carbonyl (C=O) groups is 1. The Morgan fingerprint density at radius 1 is 1.18 bits per heavy atom. The van der Waals surface area contributed by atoms with Gasteiger partial charge in [-0.15, -0.1) is 11.3 Å². The molecule has 1 fully saturated rings. The van der Waals surface area contributed by atoms with Gasteiger partial charge in [0, 0.05) is 18.6 Å². The van der Waals surface area contributed by atoms with E-state index in [-0.39, 0.29) is 34.7 Å². The maximum atomic E-state index is 14.9. The molecule has 2 aromatic heterocycles. The number of carbonyl (C=O) groups excluding carboxylic acids is 1. The fraction of sp³-hybridized carbons (Fsp3) is 0.692. The molecule has 1 aliphatic heterocycles. The molecule has 1 saturated heterocycles. The van der Waals surface area contributed by atoms with Gasteiger partial charge in [0.05, 0.1) is 17.7 Å². The van der Waals surface area contributed by atoms with Gasteiger partial charge in [0.1, 0.15) is 16.3 Å². The van der Waals surface area contributed by atoms with E-state index >= 15 is 0 Å². The molecule has 224 valence electrons. The molecule has 1 N–H and O–H groups in total. The second kappa shape index (κ2) is 11.5. The van der Waals surface area contributed by atoms with E-state index in [0.29, 0.717) is 19.4 Å². The van der Waals surface area contributed by atoms with Gasteiger partial charge < -0.3 is 19.4 Å². The number of nitrogens with one attached hydrogen (secondary N) is 1. The Balaban J connectivity index is 1.81. The van der Waals surface area contributed by atoms with Gasteiger partial charge in [-0.05, 0) is 58.7 Å². The highest BCUT2D eigenvalue weighted by molar-refractivity contribution is 7.15. The van der Waals surface area contributed by atoms with E-state index in [1.54, 1.807) is 25.7 Å². The summed E-state index contributed by atoms with van der Waals surface area (Å²) in [5, 5.41) is 3.06. The Kier molecular flexibility index (Phi) is 9.27. The number of thiazole rings is 1. The van der Waals surface area contributed by atoms with E-state index in [1.807, 2.05) is 40.8 Å². The number of piperidine rings is 1. The van der Waals surface area contributed by atoms with E-state index in [2.05, 4.69) is 20.3 Å². The van der Waals surface area contributed by atoms with Crippen LogP contribution < -0.4 is 5.32 Å². The topological polar surface area (TPSA) is 89.5 Å². The van der Waals surface area contributed by atoms with Crippen molar-refractivity contribution in [3.8, 4) is 10.6 Å². The largest absolute Gasteiger partial charge is 0.444 e. The number of hydrogen-bond acceptors (Lipinski definition) is 8. The van der Waals surface area contributed by atoms with E-state index in [1.165, 1.54) is 0 Å². The van der Waals surface area contributed by atoms with Crippen molar-refractivity contribution >= 4 is 31.7 Å². The number of nitrogens with zero attached hydrogens (tertiary/aromatic N) is 4. The molecule has 40 heavy (non-hydrogen) atoms. The maximum Gasteiger partial charge on any atom is 0.434 e. The van der Waals surface area contributed by atoms with Crippen molar-refractivity contribution in [1.82, 2.24) is 19.9 Å². The summed E-state index contributed by atoms with van der Waals surface area (Å²) >= 11 is 0.718. The highest BCUT2D eigenvalue weighted by Crippen LogP contribution is 2.42. The number of ether oxygens (including phenoxy) is 1. The lowest BCUT2D eigenvalue weighted by molar-refractivity contribution is -0.140. The molecule has 3 heterocycles. The Bertz CT molecular complexity index is 1210. The van der Waals surface area contributed by atoms with Crippen LogP contribution in [0, 0.1) is 5.82 Å². The van der Waals surface area contributed by atoms with Crippen molar-refractivity contribution < 1.29 is 31.5 Å². The Morgan fingerprint density at radius 2 is 1.82 bits per heavy atom. The van der Waals surface area contributed by atoms with Gasteiger partial charge in [0.15, 0.2) is 19.8 Å². The van der Waals surface area contributed by atoms with Crippen LogP contribution in [0.1, 0.15) is 72.0 Å². The van der Waals surface area contributed by atoms with Crippen molar-refractivity contribution in [2.24, 2.45) is 0 Å². The number of halogens is 4. The lowest BCUT2D eigenvalue weighted by Gasteiger charge is -2.38. The molecule has 14 heteroatoms. The molecule has 2 aromatic rings. The van der Waals surface area contributed by atoms with E-state index in [0.717, 1.165) is 17.5 Å². The van der Waals surface area contributed by atoms with Crippen LogP contribution in [0.2, 0.25) is 18.1 Å². The number of hydrogen-bond donors (Lipinski definition) is 1. The molecule has 0 saturated carbocycles. The SMILES string of the molecule is CC1CC(Nc2ncc(F)c(-c3sc(CO[Si](C)(C)C(C)(C)C)nc3C(F)(F)F)n2)CCN1C(=O)OC(C)(C)C. The van der Waals surface area contributed by atoms with Gasteiger partial charge in [0.25, 0.3) is 0 Å². The third kappa shape index (κ3) is 7.90. The zero-order valence-corrected chi connectivity index (χ0v) is 26.3. The lowest BCUT2D eigenvalue weighted by Crippen LogP contribution is -2.49. The number of alkyl halides is 3. The van der Waals surface area contributed by atoms with Gasteiger partial charge in [-0.2, -0.15) is 13.2 Å². The van der Waals surface area contributed by atoms with Gasteiger partial charge >= 0.3 is 12.3 Å². The summed E-state index contributed by atoms with van der Waals surface area (Å²) in [5.41, 5.74) is -2.29. The molecule has 1 aliphatic rings. The molecule has 0 aliphatic carbocycles. The third-order valence-electron chi connectivity index (χ3n) is 7.10. The summed E-state index contributed by atoms with van der Waals surface area (Å²) in [7, 11) is -2.25. The summed E-state index contributed by atoms with van der Waals surface area (Å²) < 4.78 is 68.2. The van der Waals surface area contributed by atoms with Gasteiger partial charge in [-0.3, -0.25) is 0 Å². The molecule has 2 unspecified atom stereocenters. The first-order valence-corrected chi connectivity index (χ1v) is 16.9. The number of aromatic nitrogens is 3. The molecular formula is C26H39F4N5O3SSi. The van der Waals surface area contributed by atoms with Crippen molar-refractivity contribution in [3.63, 3.8) is 0 Å². The number of anilines is 1. The summed E-state index contributed by atoms with van der Waals surface area (Å²) in [4.78, 5) is 25.6. The van der Waals surface area contributed by atoms with E-state index < -0.39 is 48.3 Å². The average Bonchev–Trinajstić information content (AvgIpc) is 3.22. The monoisotopic (exact) mass is 605 g/mol. The zero-order chi connectivity index (χ0) is 30.3. The summed E-state index contributed by atoms with van der Waals surface area (Å²) in [6, 6.07) is -0.341. The first-order chi connectivity index (χ1) is 18.2. The molecule has 1 amide bonds. The van der Waals surface area contributed by atoms with Crippen molar-refractivity contribution in [3.05, 3.63) is 22.7 Å². The summed E-state index contributed by atoms with van der Waals surface area (Å²) in [5.74, 6) is -0.982. The number of amides is 1. The summed E-state index contributed by atoms with van der Waals surface area (Å²) in [6.45, 7) is 17.7. The molecule has 0 radical (unpaired) electrons. The van der Waals surface area contributed by atoms with Crippen LogP contribution >= 0.6 is 11.3 Å². The number of likely N-dealkylation sites (tertiary alicyclic amines) is 1. The van der Waals surface area contributed by atoms with Crippen molar-refractivity contribution in [2.45, 2.75) is 110 Å². The number of rotatable bonds is 6. The van der Waals surface area contributed by atoms with E-state index in [4.69, 9.17) is 9.16 Å². The third-order valence-corrected chi connectivity index (χ3v) is 12.6. The normalized spacial score (nSPS) is 19.1. The van der Waals surface area contributed by atoms with E-state index in [9.17, 15) is 22.4 Å². The predicted molar refractivity (Wildman–Crippen MR) is 149 cm³/mol. The first-order valence-electron chi connectivity index (χ1n) is 13.2. The first kappa shape index (κ1) is 32.2. The zero-order valence-electron chi connectivity index (χ0n) is 24.5. The van der Waals surface area contributed by atoms with Gasteiger partial charge in [-0.25, -0.2) is 24.1 Å². The molecule has 0 spiro atoms. The average molecular weight is 606 g/mol. The molecule has 0 aromatic carbocycles. The van der Waals surface area contributed by atoms with Gasteiger partial charge in [-0.1, -0.05) is 20.8 Å². The second-order valence-corrected chi connectivity index (χ2v) is 18.5. The Hall–Kier alpha value is -2.32. The Morgan fingerprint density at radius 3 is 2.38 bits per heavy atom. The molecule has 3 rings (SSSR count). The second-order valence-electron chi connectivity index (χ2n) is 12.6. The van der Waals surface area contributed by atoms with Crippen LogP contribution in [0.3, 0.4) is 0 Å². The standard InChI is InChI=1S/C26H39F4N5O3SSi/c1-15-12-16(10-11-35(15)23(36)38-24(2,3)4)32-22-31-13-17(27)19(34-22)20-21(26(28,29)30)33-18(39-20)14-37-40(8,9)25(5,6)7/h13,15-16H,10-12,14H2,1-9H3,(H,31,32,34). The van der Waals surface area contributed by atoms with Crippen LogP contribution in [0.25, 0.3) is 10.6 Å². The van der Waals surface area contributed by atoms with Crippen LogP contribution in [-0.2, 0) is 21.9 Å². The lowest BCUT2D eigenvalue weighted by atomic mass is 9.99. The highest BCUT2D eigenvalue weighted by atomic mass is 32.1.